The zero-order valence-corrected chi connectivity index (χ0v) is 14.2. The van der Waals surface area contributed by atoms with Crippen LogP contribution in [0.25, 0.3) is 0 Å². The number of esters is 1. The minimum absolute atomic E-state index is 0.125. The molecule has 0 heterocycles. The molecule has 25 heavy (non-hydrogen) atoms. The molecule has 0 aromatic heterocycles. The second kappa shape index (κ2) is 7.57. The number of nitrogens with two attached hydrogens (primary N) is 1. The molecule has 3 rings (SSSR count). The maximum absolute atomic E-state index is 12.7. The number of amides is 1. The van der Waals surface area contributed by atoms with Crippen molar-refractivity contribution in [3.8, 4) is 0 Å². The number of benzene rings is 2. The van der Waals surface area contributed by atoms with Crippen molar-refractivity contribution in [2.24, 2.45) is 5.73 Å². The summed E-state index contributed by atoms with van der Waals surface area (Å²) in [4.78, 5) is 23.6. The lowest BCUT2D eigenvalue weighted by molar-refractivity contribution is -0.153. The smallest absolute Gasteiger partial charge is 0.404 e. The monoisotopic (exact) mass is 359 g/mol. The van der Waals surface area contributed by atoms with Crippen molar-refractivity contribution in [1.29, 1.82) is 0 Å². The molecule has 2 aromatic carbocycles. The molecule has 130 valence electrons. The van der Waals surface area contributed by atoms with Crippen LogP contribution < -0.4 is 5.73 Å². The van der Waals surface area contributed by atoms with Gasteiger partial charge in [-0.05, 0) is 35.6 Å². The van der Waals surface area contributed by atoms with Gasteiger partial charge in [-0.25, -0.2) is 4.79 Å². The number of carbonyl (C=O) groups is 2. The fraction of sp³-hybridized carbons (Fsp3) is 0.263. The SMILES string of the molecule is NC(=O)OCC(OC(=O)C1CCc2c(Cl)cccc21)c1ccccc1. The standard InChI is InChI=1S/C19H18ClNO4/c20-16-8-4-7-13-14(16)9-10-15(13)18(22)25-17(11-24-19(21)23)12-5-2-1-3-6-12/h1-8,15,17H,9-11H2,(H2,21,23). The summed E-state index contributed by atoms with van der Waals surface area (Å²) in [6.45, 7) is -0.125. The number of carbonyl (C=O) groups excluding carboxylic acids is 2. The second-order valence-electron chi connectivity index (χ2n) is 5.87. The third-order valence-corrected chi connectivity index (χ3v) is 4.66. The molecule has 0 saturated heterocycles. The number of rotatable bonds is 5. The third-order valence-electron chi connectivity index (χ3n) is 4.30. The summed E-state index contributed by atoms with van der Waals surface area (Å²) in [5.74, 6) is -0.726. The Hall–Kier alpha value is -2.53. The summed E-state index contributed by atoms with van der Waals surface area (Å²) in [7, 11) is 0. The van der Waals surface area contributed by atoms with Crippen LogP contribution in [-0.2, 0) is 20.7 Å². The summed E-state index contributed by atoms with van der Waals surface area (Å²) in [5, 5.41) is 0.671. The molecule has 2 unspecified atom stereocenters. The van der Waals surface area contributed by atoms with E-state index < -0.39 is 12.2 Å². The topological polar surface area (TPSA) is 78.6 Å². The van der Waals surface area contributed by atoms with Crippen LogP contribution in [-0.4, -0.2) is 18.7 Å². The van der Waals surface area contributed by atoms with Crippen LogP contribution >= 0.6 is 11.6 Å². The van der Waals surface area contributed by atoms with E-state index in [1.165, 1.54) is 0 Å². The van der Waals surface area contributed by atoms with Crippen LogP contribution in [0.5, 0.6) is 0 Å². The van der Waals surface area contributed by atoms with Crippen LogP contribution in [0.4, 0.5) is 4.79 Å². The Morgan fingerprint density at radius 2 is 1.92 bits per heavy atom. The molecule has 0 bridgehead atoms. The van der Waals surface area contributed by atoms with Gasteiger partial charge in [0.15, 0.2) is 6.10 Å². The molecule has 2 atom stereocenters. The first-order chi connectivity index (χ1) is 12.1. The Morgan fingerprint density at radius 3 is 2.64 bits per heavy atom. The molecular formula is C19H18ClNO4. The van der Waals surface area contributed by atoms with Gasteiger partial charge in [0.05, 0.1) is 5.92 Å². The lowest BCUT2D eigenvalue weighted by Crippen LogP contribution is -2.23. The molecule has 1 amide bonds. The fourth-order valence-corrected chi connectivity index (χ4v) is 3.38. The first-order valence-electron chi connectivity index (χ1n) is 8.01. The molecule has 1 aliphatic rings. The molecule has 2 N–H and O–H groups in total. The third kappa shape index (κ3) is 3.94. The summed E-state index contributed by atoms with van der Waals surface area (Å²) >= 11 is 6.20. The Bertz CT molecular complexity index is 778. The van der Waals surface area contributed by atoms with Crippen molar-refractivity contribution < 1.29 is 19.1 Å². The fourth-order valence-electron chi connectivity index (χ4n) is 3.10. The average Bonchev–Trinajstić information content (AvgIpc) is 3.04. The van der Waals surface area contributed by atoms with Gasteiger partial charge in [0.25, 0.3) is 0 Å². The maximum Gasteiger partial charge on any atom is 0.404 e. The van der Waals surface area contributed by atoms with Gasteiger partial charge < -0.3 is 15.2 Å². The van der Waals surface area contributed by atoms with Crippen LogP contribution in [0.2, 0.25) is 5.02 Å². The van der Waals surface area contributed by atoms with Crippen LogP contribution in [0.15, 0.2) is 48.5 Å². The predicted molar refractivity (Wildman–Crippen MR) is 93.3 cm³/mol. The van der Waals surface area contributed by atoms with E-state index in [0.717, 1.165) is 23.1 Å². The van der Waals surface area contributed by atoms with E-state index in [2.05, 4.69) is 0 Å². The summed E-state index contributed by atoms with van der Waals surface area (Å²) in [5.41, 5.74) is 7.67. The van der Waals surface area contributed by atoms with Crippen molar-refractivity contribution in [2.45, 2.75) is 24.9 Å². The predicted octanol–water partition coefficient (Wildman–Crippen LogP) is 3.75. The van der Waals surface area contributed by atoms with Crippen molar-refractivity contribution in [3.63, 3.8) is 0 Å². The van der Waals surface area contributed by atoms with Crippen LogP contribution in [0, 0.1) is 0 Å². The van der Waals surface area contributed by atoms with E-state index in [1.54, 1.807) is 0 Å². The highest BCUT2D eigenvalue weighted by Crippen LogP contribution is 2.38. The Kier molecular flexibility index (Phi) is 5.24. The highest BCUT2D eigenvalue weighted by atomic mass is 35.5. The normalized spacial score (nSPS) is 16.8. The van der Waals surface area contributed by atoms with Crippen LogP contribution in [0.3, 0.4) is 0 Å². The Balaban J connectivity index is 1.77. The van der Waals surface area contributed by atoms with Gasteiger partial charge in [-0.3, -0.25) is 4.79 Å². The van der Waals surface area contributed by atoms with Crippen molar-refractivity contribution in [3.05, 3.63) is 70.2 Å². The number of fused-ring (bicyclic) bond motifs is 1. The minimum atomic E-state index is -0.907. The quantitative estimate of drug-likeness (QED) is 0.824. The van der Waals surface area contributed by atoms with Crippen molar-refractivity contribution in [1.82, 2.24) is 0 Å². The molecule has 2 aromatic rings. The number of ether oxygens (including phenoxy) is 2. The first kappa shape index (κ1) is 17.3. The average molecular weight is 360 g/mol. The molecule has 0 fully saturated rings. The maximum atomic E-state index is 12.7. The first-order valence-corrected chi connectivity index (χ1v) is 8.39. The van der Waals surface area contributed by atoms with E-state index >= 15 is 0 Å². The Morgan fingerprint density at radius 1 is 1.16 bits per heavy atom. The molecule has 1 aliphatic carbocycles. The van der Waals surface area contributed by atoms with E-state index in [9.17, 15) is 9.59 Å². The largest absolute Gasteiger partial charge is 0.453 e. The second-order valence-corrected chi connectivity index (χ2v) is 6.27. The van der Waals surface area contributed by atoms with E-state index in [1.807, 2.05) is 48.5 Å². The molecule has 0 saturated carbocycles. The number of hydrogen-bond donors (Lipinski definition) is 1. The van der Waals surface area contributed by atoms with Gasteiger partial charge in [-0.15, -0.1) is 0 Å². The van der Waals surface area contributed by atoms with E-state index in [0.29, 0.717) is 11.4 Å². The summed E-state index contributed by atoms with van der Waals surface area (Å²) < 4.78 is 10.5. The molecule has 6 heteroatoms. The van der Waals surface area contributed by atoms with E-state index in [-0.39, 0.29) is 18.5 Å². The zero-order valence-electron chi connectivity index (χ0n) is 13.5. The molecule has 0 spiro atoms. The molecule has 0 aliphatic heterocycles. The van der Waals surface area contributed by atoms with Gasteiger partial charge >= 0.3 is 12.1 Å². The summed E-state index contributed by atoms with van der Waals surface area (Å²) in [6, 6.07) is 14.7. The van der Waals surface area contributed by atoms with Gasteiger partial charge in [0.1, 0.15) is 6.61 Å². The summed E-state index contributed by atoms with van der Waals surface area (Å²) in [6.07, 6.45) is -0.224. The number of primary amides is 1. The van der Waals surface area contributed by atoms with Crippen molar-refractivity contribution >= 4 is 23.7 Å². The lowest BCUT2D eigenvalue weighted by atomic mass is 10.0. The van der Waals surface area contributed by atoms with Gasteiger partial charge in [-0.1, -0.05) is 54.1 Å². The minimum Gasteiger partial charge on any atom is -0.453 e. The molecule has 5 nitrogen and oxygen atoms in total. The lowest BCUT2D eigenvalue weighted by Gasteiger charge is -2.20. The van der Waals surface area contributed by atoms with Crippen LogP contribution in [0.1, 0.15) is 35.1 Å². The number of hydrogen-bond acceptors (Lipinski definition) is 4. The van der Waals surface area contributed by atoms with Gasteiger partial charge in [0.2, 0.25) is 0 Å². The number of halogens is 1. The zero-order chi connectivity index (χ0) is 17.8. The molecule has 0 radical (unpaired) electrons. The molecular weight excluding hydrogens is 342 g/mol. The van der Waals surface area contributed by atoms with Gasteiger partial charge in [-0.2, -0.15) is 0 Å². The highest BCUT2D eigenvalue weighted by Gasteiger charge is 2.33. The van der Waals surface area contributed by atoms with Gasteiger partial charge in [0, 0.05) is 5.02 Å². The Labute approximate surface area is 150 Å². The van der Waals surface area contributed by atoms with E-state index in [4.69, 9.17) is 26.8 Å². The highest BCUT2D eigenvalue weighted by molar-refractivity contribution is 6.31. The van der Waals surface area contributed by atoms with Crippen molar-refractivity contribution in [2.75, 3.05) is 6.61 Å².